The molecule has 1 aromatic rings. The molecule has 0 aliphatic carbocycles. The third-order valence-electron chi connectivity index (χ3n) is 3.55. The summed E-state index contributed by atoms with van der Waals surface area (Å²) in [7, 11) is 1.58. The zero-order valence-electron chi connectivity index (χ0n) is 14.4. The van der Waals surface area contributed by atoms with Gasteiger partial charge >= 0.3 is 0 Å². The molecule has 0 unspecified atom stereocenters. The fraction of sp³-hybridized carbons (Fsp3) is 0.529. The third kappa shape index (κ3) is 7.15. The molecule has 0 aromatic heterocycles. The Labute approximate surface area is 138 Å². The number of amides is 2. The van der Waals surface area contributed by atoms with E-state index in [1.807, 2.05) is 32.9 Å². The summed E-state index contributed by atoms with van der Waals surface area (Å²) in [5.41, 5.74) is 0.675. The quantitative estimate of drug-likeness (QED) is 0.728. The van der Waals surface area contributed by atoms with Crippen LogP contribution in [0.25, 0.3) is 0 Å². The molecule has 0 radical (unpaired) electrons. The highest BCUT2D eigenvalue weighted by molar-refractivity contribution is 5.92. The van der Waals surface area contributed by atoms with Crippen molar-refractivity contribution in [3.05, 3.63) is 24.3 Å². The zero-order valence-corrected chi connectivity index (χ0v) is 14.4. The van der Waals surface area contributed by atoms with Crippen molar-refractivity contribution < 1.29 is 14.3 Å². The van der Waals surface area contributed by atoms with E-state index >= 15 is 0 Å². The molecule has 0 fully saturated rings. The average Bonchev–Trinajstić information content (AvgIpc) is 2.53. The highest BCUT2D eigenvalue weighted by Gasteiger charge is 2.14. The van der Waals surface area contributed by atoms with Crippen LogP contribution in [0.2, 0.25) is 0 Å². The van der Waals surface area contributed by atoms with Crippen molar-refractivity contribution in [2.24, 2.45) is 0 Å². The van der Waals surface area contributed by atoms with Crippen molar-refractivity contribution >= 4 is 17.5 Å². The molecule has 23 heavy (non-hydrogen) atoms. The summed E-state index contributed by atoms with van der Waals surface area (Å²) in [5, 5.41) is 5.72. The van der Waals surface area contributed by atoms with Crippen LogP contribution in [0.1, 0.15) is 27.2 Å². The van der Waals surface area contributed by atoms with E-state index in [-0.39, 0.29) is 30.9 Å². The minimum Gasteiger partial charge on any atom is -0.497 e. The molecule has 0 heterocycles. The maximum absolute atomic E-state index is 12.1. The van der Waals surface area contributed by atoms with Gasteiger partial charge in [-0.2, -0.15) is 0 Å². The number of hydrogen-bond acceptors (Lipinski definition) is 4. The Morgan fingerprint density at radius 1 is 1.22 bits per heavy atom. The first kappa shape index (κ1) is 19.0. The van der Waals surface area contributed by atoms with Gasteiger partial charge in [-0.1, -0.05) is 19.9 Å². The number of rotatable bonds is 9. The second kappa shape index (κ2) is 9.84. The molecule has 1 atom stereocenters. The van der Waals surface area contributed by atoms with Gasteiger partial charge in [-0.15, -0.1) is 0 Å². The minimum absolute atomic E-state index is 0.0598. The number of hydrogen-bond donors (Lipinski definition) is 2. The molecule has 2 amide bonds. The number of methoxy groups -OCH3 is 1. The maximum atomic E-state index is 12.1. The van der Waals surface area contributed by atoms with Crippen LogP contribution in [0.3, 0.4) is 0 Å². The predicted molar refractivity (Wildman–Crippen MR) is 91.6 cm³/mol. The smallest absolute Gasteiger partial charge is 0.238 e. The van der Waals surface area contributed by atoms with Crippen LogP contribution in [0.5, 0.6) is 5.75 Å². The third-order valence-corrected chi connectivity index (χ3v) is 3.55. The molecule has 0 aliphatic rings. The Hall–Kier alpha value is -2.08. The first-order valence-electron chi connectivity index (χ1n) is 7.94. The zero-order chi connectivity index (χ0) is 17.2. The molecule has 0 saturated heterocycles. The fourth-order valence-electron chi connectivity index (χ4n) is 2.01. The lowest BCUT2D eigenvalue weighted by molar-refractivity contribution is -0.123. The van der Waals surface area contributed by atoms with E-state index in [4.69, 9.17) is 4.74 Å². The van der Waals surface area contributed by atoms with Crippen molar-refractivity contribution in [2.75, 3.05) is 32.1 Å². The lowest BCUT2D eigenvalue weighted by atomic mass is 10.2. The Kier molecular flexibility index (Phi) is 8.11. The fourth-order valence-corrected chi connectivity index (χ4v) is 2.01. The van der Waals surface area contributed by atoms with Gasteiger partial charge < -0.3 is 15.4 Å². The van der Waals surface area contributed by atoms with E-state index in [0.29, 0.717) is 18.0 Å². The molecular weight excluding hydrogens is 294 g/mol. The number of carbonyl (C=O) groups excluding carboxylic acids is 2. The Balaban J connectivity index is 2.50. The molecule has 6 nitrogen and oxygen atoms in total. The SMILES string of the molecule is CC[C@@H](C)NC(=O)CN(CC)CC(=O)Nc1cccc(OC)c1. The molecule has 128 valence electrons. The van der Waals surface area contributed by atoms with E-state index in [0.717, 1.165) is 6.42 Å². The van der Waals surface area contributed by atoms with Crippen molar-refractivity contribution in [2.45, 2.75) is 33.2 Å². The molecule has 1 aromatic carbocycles. The first-order chi connectivity index (χ1) is 11.0. The van der Waals surface area contributed by atoms with Crippen molar-refractivity contribution in [3.63, 3.8) is 0 Å². The highest BCUT2D eigenvalue weighted by atomic mass is 16.5. The van der Waals surface area contributed by atoms with Crippen LogP contribution in [0.15, 0.2) is 24.3 Å². The van der Waals surface area contributed by atoms with Gasteiger partial charge in [0.05, 0.1) is 20.2 Å². The number of nitrogens with one attached hydrogen (secondary N) is 2. The van der Waals surface area contributed by atoms with Gasteiger partial charge in [-0.25, -0.2) is 0 Å². The van der Waals surface area contributed by atoms with Gasteiger partial charge in [0, 0.05) is 17.8 Å². The van der Waals surface area contributed by atoms with Crippen LogP contribution in [-0.4, -0.2) is 49.5 Å². The second-order valence-electron chi connectivity index (χ2n) is 5.46. The summed E-state index contributed by atoms with van der Waals surface area (Å²) in [6, 6.07) is 7.32. The van der Waals surface area contributed by atoms with Crippen molar-refractivity contribution in [3.8, 4) is 5.75 Å². The number of carbonyl (C=O) groups is 2. The van der Waals surface area contributed by atoms with E-state index in [1.54, 1.807) is 24.1 Å². The monoisotopic (exact) mass is 321 g/mol. The molecule has 0 saturated carbocycles. The van der Waals surface area contributed by atoms with Crippen LogP contribution >= 0.6 is 0 Å². The molecule has 0 aliphatic heterocycles. The van der Waals surface area contributed by atoms with Crippen molar-refractivity contribution in [1.82, 2.24) is 10.2 Å². The number of ether oxygens (including phenoxy) is 1. The molecule has 0 spiro atoms. The van der Waals surface area contributed by atoms with E-state index in [2.05, 4.69) is 10.6 Å². The minimum atomic E-state index is -0.156. The summed E-state index contributed by atoms with van der Waals surface area (Å²) in [4.78, 5) is 25.8. The van der Waals surface area contributed by atoms with E-state index in [9.17, 15) is 9.59 Å². The average molecular weight is 321 g/mol. The van der Waals surface area contributed by atoms with Crippen LogP contribution < -0.4 is 15.4 Å². The first-order valence-corrected chi connectivity index (χ1v) is 7.94. The standard InChI is InChI=1S/C17H27N3O3/c1-5-13(3)18-16(21)11-20(6-2)12-17(22)19-14-8-7-9-15(10-14)23-4/h7-10,13H,5-6,11-12H2,1-4H3,(H,18,21)(H,19,22)/t13-/m1/s1. The van der Waals surface area contributed by atoms with Gasteiger partial charge in [0.25, 0.3) is 0 Å². The lowest BCUT2D eigenvalue weighted by Crippen LogP contribution is -2.43. The summed E-state index contributed by atoms with van der Waals surface area (Å²) in [6.07, 6.45) is 0.883. The lowest BCUT2D eigenvalue weighted by Gasteiger charge is -2.20. The predicted octanol–water partition coefficient (Wildman–Crippen LogP) is 1.87. The second-order valence-corrected chi connectivity index (χ2v) is 5.46. The number of benzene rings is 1. The Bertz CT molecular complexity index is 520. The van der Waals surface area contributed by atoms with Crippen LogP contribution in [0.4, 0.5) is 5.69 Å². The van der Waals surface area contributed by atoms with Crippen LogP contribution in [-0.2, 0) is 9.59 Å². The number of nitrogens with zero attached hydrogens (tertiary/aromatic N) is 1. The molecule has 2 N–H and O–H groups in total. The van der Waals surface area contributed by atoms with E-state index < -0.39 is 0 Å². The Morgan fingerprint density at radius 3 is 2.52 bits per heavy atom. The summed E-state index contributed by atoms with van der Waals surface area (Å²) >= 11 is 0. The van der Waals surface area contributed by atoms with Gasteiger partial charge in [-0.05, 0) is 32.0 Å². The summed E-state index contributed by atoms with van der Waals surface area (Å²) in [6.45, 7) is 6.91. The van der Waals surface area contributed by atoms with Gasteiger partial charge in [-0.3, -0.25) is 14.5 Å². The van der Waals surface area contributed by atoms with E-state index in [1.165, 1.54) is 0 Å². The summed E-state index contributed by atoms with van der Waals surface area (Å²) in [5.74, 6) is 0.468. The maximum Gasteiger partial charge on any atom is 0.238 e. The Morgan fingerprint density at radius 2 is 1.91 bits per heavy atom. The summed E-state index contributed by atoms with van der Waals surface area (Å²) < 4.78 is 5.12. The number of anilines is 1. The molecule has 6 heteroatoms. The number of likely N-dealkylation sites (N-methyl/N-ethyl adjacent to an activating group) is 1. The topological polar surface area (TPSA) is 70.7 Å². The largest absolute Gasteiger partial charge is 0.497 e. The molecule has 0 bridgehead atoms. The van der Waals surface area contributed by atoms with Gasteiger partial charge in [0.15, 0.2) is 0 Å². The molecular formula is C17H27N3O3. The van der Waals surface area contributed by atoms with Gasteiger partial charge in [0.2, 0.25) is 11.8 Å². The van der Waals surface area contributed by atoms with Crippen LogP contribution in [0, 0.1) is 0 Å². The molecule has 1 rings (SSSR count). The van der Waals surface area contributed by atoms with Crippen molar-refractivity contribution in [1.29, 1.82) is 0 Å². The highest BCUT2D eigenvalue weighted by Crippen LogP contribution is 2.16. The normalized spacial score (nSPS) is 11.9. The van der Waals surface area contributed by atoms with Gasteiger partial charge in [0.1, 0.15) is 5.75 Å².